The van der Waals surface area contributed by atoms with Gasteiger partial charge >= 0.3 is 5.97 Å². The normalized spacial score (nSPS) is 13.4. The number of aliphatic hydroxyl groups is 1. The van der Waals surface area contributed by atoms with Crippen molar-refractivity contribution in [3.63, 3.8) is 0 Å². The zero-order chi connectivity index (χ0) is 8.69. The van der Waals surface area contributed by atoms with Crippen LogP contribution in [-0.2, 0) is 9.53 Å². The van der Waals surface area contributed by atoms with Gasteiger partial charge in [0.1, 0.15) is 0 Å². The first-order valence-corrected chi connectivity index (χ1v) is 3.44. The van der Waals surface area contributed by atoms with Crippen LogP contribution in [0.4, 0.5) is 0 Å². The maximum absolute atomic E-state index is 10.7. The van der Waals surface area contributed by atoms with Gasteiger partial charge in [-0.3, -0.25) is 5.73 Å². The van der Waals surface area contributed by atoms with E-state index in [-0.39, 0.29) is 6.61 Å². The summed E-state index contributed by atoms with van der Waals surface area (Å²) in [4.78, 5) is 10.7. The van der Waals surface area contributed by atoms with E-state index in [4.69, 9.17) is 10.8 Å². The molecule has 0 spiro atoms. The van der Waals surface area contributed by atoms with Gasteiger partial charge in [0.2, 0.25) is 0 Å². The first-order chi connectivity index (χ1) is 5.20. The summed E-state index contributed by atoms with van der Waals surface area (Å²) in [5, 5.41) is 8.28. The van der Waals surface area contributed by atoms with Gasteiger partial charge in [-0.15, -0.1) is 0 Å². The monoisotopic (exact) mass is 159 g/mol. The Morgan fingerprint density at radius 2 is 2.45 bits per heavy atom. The molecule has 0 amide bonds. The van der Waals surface area contributed by atoms with Gasteiger partial charge in [-0.05, 0) is 6.42 Å². The summed E-state index contributed by atoms with van der Waals surface area (Å²) in [6.45, 7) is 1.64. The topological polar surface area (TPSA) is 72.5 Å². The molecule has 0 saturated carbocycles. The van der Waals surface area contributed by atoms with Crippen LogP contribution >= 0.6 is 0 Å². The van der Waals surface area contributed by atoms with E-state index in [1.807, 2.05) is 6.92 Å². The van der Waals surface area contributed by atoms with E-state index >= 15 is 0 Å². The Kier molecular flexibility index (Phi) is 5.42. The Balaban J connectivity index is 3.60. The molecule has 11 heavy (non-hydrogen) atoms. The molecule has 0 aromatic heterocycles. The molecule has 1 atom stereocenters. The summed E-state index contributed by atoms with van der Waals surface area (Å²) in [5.41, 5.74) is 5.31. The van der Waals surface area contributed by atoms with Crippen molar-refractivity contribution in [3.8, 4) is 0 Å². The van der Waals surface area contributed by atoms with Crippen LogP contribution in [0.3, 0.4) is 0 Å². The molecule has 0 fully saturated rings. The summed E-state index contributed by atoms with van der Waals surface area (Å²) < 4.78 is 4.64. The van der Waals surface area contributed by atoms with E-state index in [0.717, 1.165) is 6.08 Å². The smallest absolute Gasteiger partial charge is 0.332 e. The lowest BCUT2D eigenvalue weighted by molar-refractivity contribution is -0.142. The number of carbonyl (C=O) groups excluding carboxylic acids is 1. The van der Waals surface area contributed by atoms with Gasteiger partial charge in [0.05, 0.1) is 6.61 Å². The SMILES string of the molecule is CCC(N)OC(=O)/C=C/CO. The molecule has 0 bridgehead atoms. The van der Waals surface area contributed by atoms with Crippen molar-refractivity contribution in [2.75, 3.05) is 6.61 Å². The molecule has 64 valence electrons. The van der Waals surface area contributed by atoms with E-state index in [0.29, 0.717) is 6.42 Å². The Morgan fingerprint density at radius 3 is 2.91 bits per heavy atom. The number of esters is 1. The Bertz CT molecular complexity index is 145. The van der Waals surface area contributed by atoms with Gasteiger partial charge in [0.15, 0.2) is 6.23 Å². The minimum Gasteiger partial charge on any atom is -0.444 e. The number of nitrogens with two attached hydrogens (primary N) is 1. The number of rotatable bonds is 4. The largest absolute Gasteiger partial charge is 0.444 e. The average molecular weight is 159 g/mol. The van der Waals surface area contributed by atoms with Crippen molar-refractivity contribution < 1.29 is 14.6 Å². The highest BCUT2D eigenvalue weighted by Gasteiger charge is 2.02. The Hall–Kier alpha value is -0.870. The number of carbonyl (C=O) groups is 1. The highest BCUT2D eigenvalue weighted by Crippen LogP contribution is 1.90. The van der Waals surface area contributed by atoms with Crippen LogP contribution in [-0.4, -0.2) is 23.9 Å². The third kappa shape index (κ3) is 5.57. The third-order valence-corrected chi connectivity index (χ3v) is 1.03. The number of hydrogen-bond acceptors (Lipinski definition) is 4. The highest BCUT2D eigenvalue weighted by molar-refractivity contribution is 5.81. The molecule has 0 aromatic rings. The molecule has 0 saturated heterocycles. The average Bonchev–Trinajstić information content (AvgIpc) is 2.00. The van der Waals surface area contributed by atoms with Crippen LogP contribution in [0.2, 0.25) is 0 Å². The molecule has 0 aliphatic rings. The van der Waals surface area contributed by atoms with Gasteiger partial charge in [0, 0.05) is 6.08 Å². The first kappa shape index (κ1) is 10.1. The molecule has 0 aliphatic heterocycles. The maximum Gasteiger partial charge on any atom is 0.332 e. The zero-order valence-corrected chi connectivity index (χ0v) is 6.49. The predicted molar refractivity (Wildman–Crippen MR) is 40.6 cm³/mol. The number of aliphatic hydroxyl groups excluding tert-OH is 1. The minimum atomic E-state index is -0.550. The molecule has 0 radical (unpaired) electrons. The van der Waals surface area contributed by atoms with Crippen molar-refractivity contribution in [1.82, 2.24) is 0 Å². The van der Waals surface area contributed by atoms with Crippen LogP contribution in [0, 0.1) is 0 Å². The van der Waals surface area contributed by atoms with Crippen molar-refractivity contribution in [2.24, 2.45) is 5.73 Å². The molecule has 0 heterocycles. The van der Waals surface area contributed by atoms with Crippen molar-refractivity contribution >= 4 is 5.97 Å². The minimum absolute atomic E-state index is 0.170. The molecular weight excluding hydrogens is 146 g/mol. The predicted octanol–water partition coefficient (Wildman–Crippen LogP) is -0.227. The zero-order valence-electron chi connectivity index (χ0n) is 6.49. The van der Waals surface area contributed by atoms with Gasteiger partial charge in [-0.2, -0.15) is 0 Å². The molecule has 3 N–H and O–H groups in total. The van der Waals surface area contributed by atoms with Gasteiger partial charge in [-0.25, -0.2) is 4.79 Å². The fourth-order valence-electron chi connectivity index (χ4n) is 0.421. The third-order valence-electron chi connectivity index (χ3n) is 1.03. The van der Waals surface area contributed by atoms with E-state index in [1.54, 1.807) is 0 Å². The van der Waals surface area contributed by atoms with E-state index in [9.17, 15) is 4.79 Å². The van der Waals surface area contributed by atoms with Gasteiger partial charge in [-0.1, -0.05) is 13.0 Å². The summed E-state index contributed by atoms with van der Waals surface area (Å²) in [7, 11) is 0. The quantitative estimate of drug-likeness (QED) is 0.338. The summed E-state index contributed by atoms with van der Waals surface area (Å²) in [6, 6.07) is 0. The standard InChI is InChI=1S/C7H13NO3/c1-2-6(8)11-7(10)4-3-5-9/h3-4,6,9H,2,5,8H2,1H3/b4-3+. The van der Waals surface area contributed by atoms with Crippen LogP contribution < -0.4 is 5.73 Å². The fraction of sp³-hybridized carbons (Fsp3) is 0.571. The number of hydrogen-bond donors (Lipinski definition) is 2. The second-order valence-corrected chi connectivity index (χ2v) is 1.97. The summed E-state index contributed by atoms with van der Waals surface area (Å²) in [5.74, 6) is -0.520. The van der Waals surface area contributed by atoms with Crippen molar-refractivity contribution in [1.29, 1.82) is 0 Å². The lowest BCUT2D eigenvalue weighted by Crippen LogP contribution is -2.25. The Morgan fingerprint density at radius 1 is 1.82 bits per heavy atom. The first-order valence-electron chi connectivity index (χ1n) is 3.44. The van der Waals surface area contributed by atoms with Crippen molar-refractivity contribution in [3.05, 3.63) is 12.2 Å². The summed E-state index contributed by atoms with van der Waals surface area (Å²) >= 11 is 0. The second kappa shape index (κ2) is 5.88. The molecule has 1 unspecified atom stereocenters. The maximum atomic E-state index is 10.7. The van der Waals surface area contributed by atoms with Crippen LogP contribution in [0.15, 0.2) is 12.2 Å². The molecule has 4 nitrogen and oxygen atoms in total. The van der Waals surface area contributed by atoms with Crippen molar-refractivity contribution in [2.45, 2.75) is 19.6 Å². The summed E-state index contributed by atoms with van der Waals surface area (Å²) in [6.07, 6.45) is 2.48. The van der Waals surface area contributed by atoms with Crippen LogP contribution in [0.1, 0.15) is 13.3 Å². The Labute approximate surface area is 65.6 Å². The molecule has 0 aromatic carbocycles. The van der Waals surface area contributed by atoms with Crippen LogP contribution in [0.5, 0.6) is 0 Å². The fourth-order valence-corrected chi connectivity index (χ4v) is 0.421. The number of ether oxygens (including phenoxy) is 1. The van der Waals surface area contributed by atoms with Gasteiger partial charge in [0.25, 0.3) is 0 Å². The molecule has 0 rings (SSSR count). The molecule has 4 heteroatoms. The second-order valence-electron chi connectivity index (χ2n) is 1.97. The van der Waals surface area contributed by atoms with E-state index < -0.39 is 12.2 Å². The lowest BCUT2D eigenvalue weighted by Gasteiger charge is -2.07. The molecule has 0 aliphatic carbocycles. The van der Waals surface area contributed by atoms with E-state index in [1.165, 1.54) is 6.08 Å². The highest BCUT2D eigenvalue weighted by atomic mass is 16.6. The van der Waals surface area contributed by atoms with Crippen LogP contribution in [0.25, 0.3) is 0 Å². The molecular formula is C7H13NO3. The lowest BCUT2D eigenvalue weighted by atomic mass is 10.4. The van der Waals surface area contributed by atoms with E-state index in [2.05, 4.69) is 4.74 Å². The van der Waals surface area contributed by atoms with Gasteiger partial charge < -0.3 is 9.84 Å².